The molecule has 5 heteroatoms. The van der Waals surface area contributed by atoms with Crippen LogP contribution in [0, 0.1) is 10.1 Å². The molecule has 0 fully saturated rings. The maximum atomic E-state index is 11.4. The molecule has 0 atom stereocenters. The highest BCUT2D eigenvalue weighted by molar-refractivity contribution is 6.34. The van der Waals surface area contributed by atoms with E-state index in [0.29, 0.717) is 16.1 Å². The molecule has 3 aromatic carbocycles. The van der Waals surface area contributed by atoms with Crippen molar-refractivity contribution in [3.05, 3.63) is 94.1 Å². The lowest BCUT2D eigenvalue weighted by molar-refractivity contribution is -0.384. The van der Waals surface area contributed by atoms with Crippen LogP contribution in [0.5, 0.6) is 0 Å². The Kier molecular flexibility index (Phi) is 3.75. The normalized spacial score (nSPS) is 10.9. The van der Waals surface area contributed by atoms with E-state index in [1.807, 2.05) is 59.3 Å². The second-order valence-corrected chi connectivity index (χ2v) is 6.09. The van der Waals surface area contributed by atoms with Crippen molar-refractivity contribution in [1.29, 1.82) is 0 Å². The number of hydrogen-bond acceptors (Lipinski definition) is 2. The Morgan fingerprint density at radius 3 is 2.36 bits per heavy atom. The predicted octanol–water partition coefficient (Wildman–Crippen LogP) is 5.86. The van der Waals surface area contributed by atoms with Gasteiger partial charge in [0, 0.05) is 33.9 Å². The molecule has 1 aromatic heterocycles. The maximum absolute atomic E-state index is 11.4. The number of aromatic nitrogens is 1. The van der Waals surface area contributed by atoms with Crippen molar-refractivity contribution in [3.63, 3.8) is 0 Å². The van der Waals surface area contributed by atoms with Crippen LogP contribution < -0.4 is 0 Å². The van der Waals surface area contributed by atoms with Crippen molar-refractivity contribution >= 4 is 28.2 Å². The van der Waals surface area contributed by atoms with Gasteiger partial charge in [-0.1, -0.05) is 41.9 Å². The number of benzene rings is 3. The van der Waals surface area contributed by atoms with E-state index in [-0.39, 0.29) is 10.6 Å². The Morgan fingerprint density at radius 2 is 1.60 bits per heavy atom. The molecular formula is C20H13ClN2O2. The highest BCUT2D eigenvalue weighted by Crippen LogP contribution is 2.37. The Morgan fingerprint density at radius 1 is 0.880 bits per heavy atom. The molecule has 0 spiro atoms. The molecule has 25 heavy (non-hydrogen) atoms. The van der Waals surface area contributed by atoms with Crippen LogP contribution in [-0.4, -0.2) is 9.49 Å². The van der Waals surface area contributed by atoms with Crippen LogP contribution in [0.1, 0.15) is 0 Å². The van der Waals surface area contributed by atoms with Crippen molar-refractivity contribution < 1.29 is 4.92 Å². The average molecular weight is 349 g/mol. The van der Waals surface area contributed by atoms with Gasteiger partial charge in [0.25, 0.3) is 5.69 Å². The van der Waals surface area contributed by atoms with Gasteiger partial charge in [-0.05, 0) is 36.4 Å². The molecule has 0 saturated heterocycles. The van der Waals surface area contributed by atoms with Gasteiger partial charge in [-0.2, -0.15) is 0 Å². The zero-order chi connectivity index (χ0) is 17.4. The summed E-state index contributed by atoms with van der Waals surface area (Å²) in [6, 6.07) is 22.3. The Hall–Kier alpha value is -3.11. The van der Waals surface area contributed by atoms with Gasteiger partial charge in [0.1, 0.15) is 0 Å². The minimum absolute atomic E-state index is 0.0431. The highest BCUT2D eigenvalue weighted by Gasteiger charge is 2.18. The number of nitrogens with zero attached hydrogens (tertiary/aromatic N) is 2. The summed E-state index contributed by atoms with van der Waals surface area (Å²) in [5, 5.41) is 12.8. The van der Waals surface area contributed by atoms with Gasteiger partial charge in [-0.25, -0.2) is 0 Å². The van der Waals surface area contributed by atoms with Crippen molar-refractivity contribution in [2.75, 3.05) is 0 Å². The minimum Gasteiger partial charge on any atom is -0.317 e. The van der Waals surface area contributed by atoms with E-state index < -0.39 is 0 Å². The fourth-order valence-corrected chi connectivity index (χ4v) is 3.31. The summed E-state index contributed by atoms with van der Waals surface area (Å²) in [6.45, 7) is 0. The fourth-order valence-electron chi connectivity index (χ4n) is 3.04. The van der Waals surface area contributed by atoms with Crippen LogP contribution in [0.4, 0.5) is 5.69 Å². The minimum atomic E-state index is -0.383. The SMILES string of the molecule is O=[N+]([O-])c1ccccc1-c1cc2c(ccn2-c2ccccc2)cc1Cl. The van der Waals surface area contributed by atoms with E-state index >= 15 is 0 Å². The first-order chi connectivity index (χ1) is 12.1. The van der Waals surface area contributed by atoms with E-state index in [1.165, 1.54) is 6.07 Å². The highest BCUT2D eigenvalue weighted by atomic mass is 35.5. The molecule has 0 N–H and O–H groups in total. The number of para-hydroxylation sites is 2. The molecule has 122 valence electrons. The van der Waals surface area contributed by atoms with E-state index in [1.54, 1.807) is 18.2 Å². The lowest BCUT2D eigenvalue weighted by Crippen LogP contribution is -1.94. The van der Waals surface area contributed by atoms with Crippen LogP contribution in [0.2, 0.25) is 5.02 Å². The number of nitro groups is 1. The van der Waals surface area contributed by atoms with Crippen LogP contribution in [-0.2, 0) is 0 Å². The zero-order valence-corrected chi connectivity index (χ0v) is 13.9. The standard InChI is InChI=1S/C20H13ClN2O2/c21-18-12-14-10-11-22(15-6-2-1-3-7-15)20(14)13-17(18)16-8-4-5-9-19(16)23(24)25/h1-13H. The number of halogens is 1. The van der Waals surface area contributed by atoms with Crippen LogP contribution in [0.15, 0.2) is 79.0 Å². The van der Waals surface area contributed by atoms with Crippen molar-refractivity contribution in [2.24, 2.45) is 0 Å². The van der Waals surface area contributed by atoms with Crippen molar-refractivity contribution in [2.45, 2.75) is 0 Å². The molecule has 0 unspecified atom stereocenters. The number of fused-ring (bicyclic) bond motifs is 1. The predicted molar refractivity (Wildman–Crippen MR) is 100 cm³/mol. The van der Waals surface area contributed by atoms with E-state index in [4.69, 9.17) is 11.6 Å². The largest absolute Gasteiger partial charge is 0.317 e. The van der Waals surface area contributed by atoms with Gasteiger partial charge in [-0.3, -0.25) is 10.1 Å². The van der Waals surface area contributed by atoms with Gasteiger partial charge in [0.15, 0.2) is 0 Å². The van der Waals surface area contributed by atoms with Gasteiger partial charge in [-0.15, -0.1) is 0 Å². The summed E-state index contributed by atoms with van der Waals surface area (Å²) >= 11 is 6.44. The van der Waals surface area contributed by atoms with Crippen LogP contribution in [0.3, 0.4) is 0 Å². The van der Waals surface area contributed by atoms with Crippen molar-refractivity contribution in [1.82, 2.24) is 4.57 Å². The molecule has 4 rings (SSSR count). The van der Waals surface area contributed by atoms with E-state index in [2.05, 4.69) is 0 Å². The molecule has 1 heterocycles. The van der Waals surface area contributed by atoms with Gasteiger partial charge < -0.3 is 4.57 Å². The van der Waals surface area contributed by atoms with Gasteiger partial charge in [0.2, 0.25) is 0 Å². The quantitative estimate of drug-likeness (QED) is 0.344. The number of rotatable bonds is 3. The molecule has 4 nitrogen and oxygen atoms in total. The Bertz CT molecular complexity index is 1090. The Labute approximate surface area is 149 Å². The molecule has 4 aromatic rings. The third-order valence-electron chi connectivity index (χ3n) is 4.20. The van der Waals surface area contributed by atoms with Gasteiger partial charge >= 0.3 is 0 Å². The van der Waals surface area contributed by atoms with Gasteiger partial charge in [0.05, 0.1) is 16.0 Å². The molecule has 0 aliphatic rings. The smallest absolute Gasteiger partial charge is 0.277 e. The molecule has 0 amide bonds. The third kappa shape index (κ3) is 2.66. The first kappa shape index (κ1) is 15.4. The molecule has 0 bridgehead atoms. The molecular weight excluding hydrogens is 336 g/mol. The van der Waals surface area contributed by atoms with E-state index in [0.717, 1.165) is 16.6 Å². The summed E-state index contributed by atoms with van der Waals surface area (Å²) < 4.78 is 2.05. The first-order valence-corrected chi connectivity index (χ1v) is 8.13. The first-order valence-electron chi connectivity index (χ1n) is 7.75. The fraction of sp³-hybridized carbons (Fsp3) is 0. The second-order valence-electron chi connectivity index (χ2n) is 5.69. The lowest BCUT2D eigenvalue weighted by Gasteiger charge is -2.09. The van der Waals surface area contributed by atoms with E-state index in [9.17, 15) is 10.1 Å². The summed E-state index contributed by atoms with van der Waals surface area (Å²) in [5.74, 6) is 0. The summed E-state index contributed by atoms with van der Waals surface area (Å²) in [7, 11) is 0. The maximum Gasteiger partial charge on any atom is 0.277 e. The summed E-state index contributed by atoms with van der Waals surface area (Å²) in [6.07, 6.45) is 1.97. The molecule has 0 saturated carbocycles. The molecule has 0 aliphatic heterocycles. The summed E-state index contributed by atoms with van der Waals surface area (Å²) in [4.78, 5) is 11.0. The van der Waals surface area contributed by atoms with Crippen LogP contribution >= 0.6 is 11.6 Å². The number of nitro benzene ring substituents is 1. The Balaban J connectivity index is 1.98. The summed E-state index contributed by atoms with van der Waals surface area (Å²) in [5.41, 5.74) is 3.18. The average Bonchev–Trinajstić information content (AvgIpc) is 3.04. The second kappa shape index (κ2) is 6.07. The van der Waals surface area contributed by atoms with Crippen LogP contribution in [0.25, 0.3) is 27.7 Å². The third-order valence-corrected chi connectivity index (χ3v) is 4.52. The zero-order valence-electron chi connectivity index (χ0n) is 13.1. The molecule has 0 radical (unpaired) electrons. The topological polar surface area (TPSA) is 48.1 Å². The van der Waals surface area contributed by atoms with Crippen molar-refractivity contribution in [3.8, 4) is 16.8 Å². The monoisotopic (exact) mass is 348 g/mol. The lowest BCUT2D eigenvalue weighted by atomic mass is 10.0. The molecule has 0 aliphatic carbocycles. The number of hydrogen-bond donors (Lipinski definition) is 0.